The summed E-state index contributed by atoms with van der Waals surface area (Å²) in [6.07, 6.45) is 1.03. The summed E-state index contributed by atoms with van der Waals surface area (Å²) >= 11 is 1.63. The molecule has 0 aliphatic carbocycles. The monoisotopic (exact) mass is 426 g/mol. The van der Waals surface area contributed by atoms with Crippen molar-refractivity contribution in [1.29, 1.82) is 0 Å². The van der Waals surface area contributed by atoms with Gasteiger partial charge in [0.05, 0.1) is 4.90 Å². The Balaban J connectivity index is 1.42. The fourth-order valence-electron chi connectivity index (χ4n) is 3.57. The van der Waals surface area contributed by atoms with Crippen molar-refractivity contribution < 1.29 is 13.2 Å². The van der Waals surface area contributed by atoms with Gasteiger partial charge in [0, 0.05) is 35.1 Å². The molecule has 150 valence electrons. The van der Waals surface area contributed by atoms with Crippen LogP contribution in [-0.4, -0.2) is 31.7 Å². The number of carbonyl (C=O) groups excluding carboxylic acids is 1. The molecule has 7 heteroatoms. The van der Waals surface area contributed by atoms with Gasteiger partial charge in [-0.2, -0.15) is 4.31 Å². The Morgan fingerprint density at radius 1 is 0.931 bits per heavy atom. The Labute approximate surface area is 175 Å². The number of amides is 1. The molecule has 1 aromatic heterocycles. The molecule has 5 nitrogen and oxygen atoms in total. The first-order valence-electron chi connectivity index (χ1n) is 9.54. The third-order valence-electron chi connectivity index (χ3n) is 5.18. The van der Waals surface area contributed by atoms with Gasteiger partial charge in [-0.15, -0.1) is 11.3 Å². The summed E-state index contributed by atoms with van der Waals surface area (Å²) < 4.78 is 27.0. The largest absolute Gasteiger partial charge is 0.325 e. The van der Waals surface area contributed by atoms with Crippen LogP contribution in [-0.2, 0) is 14.8 Å². The van der Waals surface area contributed by atoms with Crippen molar-refractivity contribution in [2.24, 2.45) is 5.92 Å². The van der Waals surface area contributed by atoms with E-state index in [0.29, 0.717) is 30.8 Å². The topological polar surface area (TPSA) is 66.5 Å². The molecule has 1 saturated heterocycles. The highest BCUT2D eigenvalue weighted by Crippen LogP contribution is 2.32. The number of carbonyl (C=O) groups is 1. The van der Waals surface area contributed by atoms with E-state index in [-0.39, 0.29) is 11.8 Å². The third-order valence-corrected chi connectivity index (χ3v) is 7.99. The van der Waals surface area contributed by atoms with E-state index in [2.05, 4.69) is 5.32 Å². The lowest BCUT2D eigenvalue weighted by Gasteiger charge is -2.30. The zero-order valence-corrected chi connectivity index (χ0v) is 17.5. The van der Waals surface area contributed by atoms with Gasteiger partial charge in [0.15, 0.2) is 0 Å². The highest BCUT2D eigenvalue weighted by atomic mass is 32.2. The lowest BCUT2D eigenvalue weighted by Crippen LogP contribution is -2.41. The molecule has 1 N–H and O–H groups in total. The fourth-order valence-corrected chi connectivity index (χ4v) is 5.83. The van der Waals surface area contributed by atoms with Gasteiger partial charge in [-0.1, -0.05) is 42.5 Å². The number of piperidine rings is 1. The maximum atomic E-state index is 12.8. The summed E-state index contributed by atoms with van der Waals surface area (Å²) in [5, 5.41) is 5.06. The second-order valence-corrected chi connectivity index (χ2v) is 9.89. The standard InChI is InChI=1S/C22H22N2O3S2/c25-22(23-20-10-5-4-9-19(20)21-11-6-16-28-21)17-12-14-24(15-13-17)29(26,27)18-7-2-1-3-8-18/h1-11,16-17H,12-15H2,(H,23,25). The molecule has 29 heavy (non-hydrogen) atoms. The molecule has 0 atom stereocenters. The number of anilines is 1. The molecule has 2 aromatic carbocycles. The van der Waals surface area contributed by atoms with Crippen LogP contribution in [0.3, 0.4) is 0 Å². The number of thiophene rings is 1. The van der Waals surface area contributed by atoms with E-state index < -0.39 is 10.0 Å². The lowest BCUT2D eigenvalue weighted by molar-refractivity contribution is -0.120. The SMILES string of the molecule is O=C(Nc1ccccc1-c1cccs1)C1CCN(S(=O)(=O)c2ccccc2)CC1. The zero-order valence-electron chi connectivity index (χ0n) is 15.8. The maximum Gasteiger partial charge on any atom is 0.243 e. The van der Waals surface area contributed by atoms with Gasteiger partial charge >= 0.3 is 0 Å². The summed E-state index contributed by atoms with van der Waals surface area (Å²) in [6, 6.07) is 20.2. The number of benzene rings is 2. The van der Waals surface area contributed by atoms with Crippen LogP contribution in [0.4, 0.5) is 5.69 Å². The number of nitrogens with zero attached hydrogens (tertiary/aromatic N) is 1. The minimum Gasteiger partial charge on any atom is -0.325 e. The number of para-hydroxylation sites is 1. The van der Waals surface area contributed by atoms with E-state index in [1.165, 1.54) is 4.31 Å². The van der Waals surface area contributed by atoms with Crippen LogP contribution in [0.25, 0.3) is 10.4 Å². The van der Waals surface area contributed by atoms with Crippen LogP contribution < -0.4 is 5.32 Å². The minimum atomic E-state index is -3.50. The first kappa shape index (κ1) is 19.8. The Hall–Kier alpha value is -2.48. The van der Waals surface area contributed by atoms with Gasteiger partial charge in [0.1, 0.15) is 0 Å². The van der Waals surface area contributed by atoms with Crippen LogP contribution >= 0.6 is 11.3 Å². The smallest absolute Gasteiger partial charge is 0.243 e. The predicted molar refractivity (Wildman–Crippen MR) is 116 cm³/mol. The van der Waals surface area contributed by atoms with Gasteiger partial charge in [-0.3, -0.25) is 4.79 Å². The molecule has 3 aromatic rings. The fraction of sp³-hybridized carbons (Fsp3) is 0.227. The Bertz CT molecular complexity index is 1070. The summed E-state index contributed by atoms with van der Waals surface area (Å²) in [5.74, 6) is -0.251. The number of nitrogens with one attached hydrogen (secondary N) is 1. The normalized spacial score (nSPS) is 15.9. The molecule has 0 unspecified atom stereocenters. The zero-order chi connectivity index (χ0) is 20.3. The summed E-state index contributed by atoms with van der Waals surface area (Å²) in [4.78, 5) is 14.2. The van der Waals surface area contributed by atoms with Crippen molar-refractivity contribution in [3.8, 4) is 10.4 Å². The van der Waals surface area contributed by atoms with Crippen LogP contribution in [0.1, 0.15) is 12.8 Å². The Morgan fingerprint density at radius 2 is 1.62 bits per heavy atom. The van der Waals surface area contributed by atoms with Crippen molar-refractivity contribution in [2.75, 3.05) is 18.4 Å². The average molecular weight is 427 g/mol. The van der Waals surface area contributed by atoms with Crippen LogP contribution in [0.2, 0.25) is 0 Å². The quantitative estimate of drug-likeness (QED) is 0.655. The lowest BCUT2D eigenvalue weighted by atomic mass is 9.97. The van der Waals surface area contributed by atoms with E-state index in [0.717, 1.165) is 16.1 Å². The van der Waals surface area contributed by atoms with Gasteiger partial charge in [0.2, 0.25) is 15.9 Å². The minimum absolute atomic E-state index is 0.0502. The Morgan fingerprint density at radius 3 is 2.31 bits per heavy atom. The summed E-state index contributed by atoms with van der Waals surface area (Å²) in [6.45, 7) is 0.698. The molecule has 2 heterocycles. The van der Waals surface area contributed by atoms with E-state index >= 15 is 0 Å². The number of sulfonamides is 1. The molecule has 4 rings (SSSR count). The van der Waals surface area contributed by atoms with E-state index in [9.17, 15) is 13.2 Å². The Kier molecular flexibility index (Phi) is 5.80. The van der Waals surface area contributed by atoms with E-state index in [1.54, 1.807) is 41.7 Å². The van der Waals surface area contributed by atoms with Gasteiger partial charge in [-0.05, 0) is 42.5 Å². The van der Waals surface area contributed by atoms with Crippen molar-refractivity contribution in [2.45, 2.75) is 17.7 Å². The molecule has 0 saturated carbocycles. The molecule has 0 bridgehead atoms. The van der Waals surface area contributed by atoms with Gasteiger partial charge in [0.25, 0.3) is 0 Å². The second-order valence-electron chi connectivity index (χ2n) is 7.00. The first-order chi connectivity index (χ1) is 14.1. The molecule has 0 radical (unpaired) electrons. The summed E-state index contributed by atoms with van der Waals surface area (Å²) in [7, 11) is -3.50. The van der Waals surface area contributed by atoms with Crippen molar-refractivity contribution in [3.63, 3.8) is 0 Å². The van der Waals surface area contributed by atoms with Crippen molar-refractivity contribution >= 4 is 33.0 Å². The molecule has 1 amide bonds. The predicted octanol–water partition coefficient (Wildman–Crippen LogP) is 4.45. The van der Waals surface area contributed by atoms with E-state index in [4.69, 9.17) is 0 Å². The van der Waals surface area contributed by atoms with Crippen molar-refractivity contribution in [1.82, 2.24) is 4.31 Å². The van der Waals surface area contributed by atoms with Crippen LogP contribution in [0, 0.1) is 5.92 Å². The number of hydrogen-bond acceptors (Lipinski definition) is 4. The van der Waals surface area contributed by atoms with Gasteiger partial charge in [-0.25, -0.2) is 8.42 Å². The number of rotatable bonds is 5. The maximum absolute atomic E-state index is 12.8. The molecule has 1 aliphatic rings. The average Bonchev–Trinajstić information content (AvgIpc) is 3.29. The van der Waals surface area contributed by atoms with E-state index in [1.807, 2.05) is 41.8 Å². The number of hydrogen-bond donors (Lipinski definition) is 1. The highest BCUT2D eigenvalue weighted by molar-refractivity contribution is 7.89. The molecule has 1 aliphatic heterocycles. The molecular formula is C22H22N2O3S2. The molecule has 1 fully saturated rings. The van der Waals surface area contributed by atoms with Crippen LogP contribution in [0.15, 0.2) is 77.0 Å². The third kappa shape index (κ3) is 4.27. The second kappa shape index (κ2) is 8.49. The van der Waals surface area contributed by atoms with Gasteiger partial charge < -0.3 is 5.32 Å². The highest BCUT2D eigenvalue weighted by Gasteiger charge is 2.32. The van der Waals surface area contributed by atoms with Crippen molar-refractivity contribution in [3.05, 3.63) is 72.1 Å². The molecular weight excluding hydrogens is 404 g/mol. The summed E-state index contributed by atoms with van der Waals surface area (Å²) in [5.41, 5.74) is 1.79. The molecule has 0 spiro atoms. The van der Waals surface area contributed by atoms with Crippen LogP contribution in [0.5, 0.6) is 0 Å². The first-order valence-corrected chi connectivity index (χ1v) is 11.9.